The summed E-state index contributed by atoms with van der Waals surface area (Å²) in [6, 6.07) is 0.332. The summed E-state index contributed by atoms with van der Waals surface area (Å²) in [6.45, 7) is 1.08. The van der Waals surface area contributed by atoms with E-state index in [4.69, 9.17) is 4.52 Å². The van der Waals surface area contributed by atoms with Crippen LogP contribution in [0.5, 0.6) is 0 Å². The molecule has 2 aliphatic rings. The standard InChI is InChI=1S/C13H21N3O/c1-2-4-7-10(6-3-1)13-15-12(16-17-13)11-8-5-9-14-11/h10-11,14H,1-9H2. The lowest BCUT2D eigenvalue weighted by Crippen LogP contribution is -2.14. The second-order valence-electron chi connectivity index (χ2n) is 5.33. The summed E-state index contributed by atoms with van der Waals surface area (Å²) in [5.74, 6) is 2.28. The van der Waals surface area contributed by atoms with Crippen LogP contribution in [-0.4, -0.2) is 16.7 Å². The van der Waals surface area contributed by atoms with E-state index in [2.05, 4.69) is 15.5 Å². The maximum absolute atomic E-state index is 5.47. The molecular weight excluding hydrogens is 214 g/mol. The lowest BCUT2D eigenvalue weighted by Gasteiger charge is -2.07. The van der Waals surface area contributed by atoms with Gasteiger partial charge >= 0.3 is 0 Å². The average molecular weight is 235 g/mol. The van der Waals surface area contributed by atoms with Crippen molar-refractivity contribution in [2.45, 2.75) is 63.3 Å². The Labute approximate surface area is 102 Å². The van der Waals surface area contributed by atoms with Crippen molar-refractivity contribution >= 4 is 0 Å². The summed E-state index contributed by atoms with van der Waals surface area (Å²) in [6.07, 6.45) is 10.2. The summed E-state index contributed by atoms with van der Waals surface area (Å²) in [4.78, 5) is 4.62. The van der Waals surface area contributed by atoms with Crippen molar-refractivity contribution in [3.8, 4) is 0 Å². The van der Waals surface area contributed by atoms with Crippen LogP contribution in [0.25, 0.3) is 0 Å². The molecule has 1 saturated heterocycles. The molecule has 4 heteroatoms. The Morgan fingerprint density at radius 3 is 2.53 bits per heavy atom. The Morgan fingerprint density at radius 1 is 1.00 bits per heavy atom. The largest absolute Gasteiger partial charge is 0.339 e. The van der Waals surface area contributed by atoms with Gasteiger partial charge in [0.05, 0.1) is 6.04 Å². The van der Waals surface area contributed by atoms with Gasteiger partial charge in [0.25, 0.3) is 0 Å². The molecule has 1 N–H and O–H groups in total. The van der Waals surface area contributed by atoms with E-state index in [0.717, 1.165) is 24.7 Å². The van der Waals surface area contributed by atoms with Crippen LogP contribution in [0.15, 0.2) is 4.52 Å². The fraction of sp³-hybridized carbons (Fsp3) is 0.846. The summed E-state index contributed by atoms with van der Waals surface area (Å²) < 4.78 is 5.47. The van der Waals surface area contributed by atoms with Crippen LogP contribution in [0, 0.1) is 0 Å². The van der Waals surface area contributed by atoms with Crippen molar-refractivity contribution in [1.82, 2.24) is 15.5 Å². The summed E-state index contributed by atoms with van der Waals surface area (Å²) in [5, 5.41) is 7.57. The smallest absolute Gasteiger partial charge is 0.229 e. The van der Waals surface area contributed by atoms with Crippen LogP contribution in [0.3, 0.4) is 0 Å². The number of nitrogens with one attached hydrogen (secondary N) is 1. The van der Waals surface area contributed by atoms with E-state index in [1.54, 1.807) is 0 Å². The maximum Gasteiger partial charge on any atom is 0.229 e. The highest BCUT2D eigenvalue weighted by Gasteiger charge is 2.25. The predicted octanol–water partition coefficient (Wildman–Crippen LogP) is 2.93. The lowest BCUT2D eigenvalue weighted by atomic mass is 10.0. The number of hydrogen-bond acceptors (Lipinski definition) is 4. The van der Waals surface area contributed by atoms with Crippen LogP contribution in [0.2, 0.25) is 0 Å². The monoisotopic (exact) mass is 235 g/mol. The first kappa shape index (κ1) is 11.2. The predicted molar refractivity (Wildman–Crippen MR) is 64.7 cm³/mol. The quantitative estimate of drug-likeness (QED) is 0.801. The van der Waals surface area contributed by atoms with Crippen molar-refractivity contribution in [3.63, 3.8) is 0 Å². The second kappa shape index (κ2) is 5.17. The van der Waals surface area contributed by atoms with Crippen LogP contribution in [0.4, 0.5) is 0 Å². The highest BCUT2D eigenvalue weighted by Crippen LogP contribution is 2.31. The van der Waals surface area contributed by atoms with E-state index < -0.39 is 0 Å². The molecule has 17 heavy (non-hydrogen) atoms. The van der Waals surface area contributed by atoms with Crippen molar-refractivity contribution in [1.29, 1.82) is 0 Å². The van der Waals surface area contributed by atoms with E-state index in [1.165, 1.54) is 44.9 Å². The fourth-order valence-electron chi connectivity index (χ4n) is 2.99. The van der Waals surface area contributed by atoms with E-state index in [0.29, 0.717) is 12.0 Å². The molecule has 1 aromatic heterocycles. The molecule has 0 spiro atoms. The number of nitrogens with zero attached hydrogens (tertiary/aromatic N) is 2. The summed E-state index contributed by atoms with van der Waals surface area (Å²) >= 11 is 0. The van der Waals surface area contributed by atoms with Gasteiger partial charge in [-0.2, -0.15) is 4.98 Å². The van der Waals surface area contributed by atoms with Gasteiger partial charge in [-0.3, -0.25) is 0 Å². The third-order valence-electron chi connectivity index (χ3n) is 4.03. The molecule has 0 radical (unpaired) electrons. The zero-order chi connectivity index (χ0) is 11.5. The van der Waals surface area contributed by atoms with E-state index in [9.17, 15) is 0 Å². The first-order chi connectivity index (χ1) is 8.43. The van der Waals surface area contributed by atoms with E-state index in [1.807, 2.05) is 0 Å². The van der Waals surface area contributed by atoms with Crippen LogP contribution >= 0.6 is 0 Å². The van der Waals surface area contributed by atoms with Gasteiger partial charge in [0.2, 0.25) is 5.89 Å². The lowest BCUT2D eigenvalue weighted by molar-refractivity contribution is 0.334. The van der Waals surface area contributed by atoms with Crippen molar-refractivity contribution in [2.75, 3.05) is 6.54 Å². The minimum absolute atomic E-state index is 0.332. The molecule has 1 atom stereocenters. The zero-order valence-corrected chi connectivity index (χ0v) is 10.3. The van der Waals surface area contributed by atoms with Gasteiger partial charge in [0, 0.05) is 5.92 Å². The molecule has 1 aliphatic heterocycles. The van der Waals surface area contributed by atoms with E-state index >= 15 is 0 Å². The molecule has 94 valence electrons. The highest BCUT2D eigenvalue weighted by molar-refractivity contribution is 5.00. The van der Waals surface area contributed by atoms with Crippen molar-refractivity contribution in [3.05, 3.63) is 11.7 Å². The molecule has 0 aromatic carbocycles. The molecular formula is C13H21N3O. The Hall–Kier alpha value is -0.900. The normalized spacial score (nSPS) is 27.2. The fourth-order valence-corrected chi connectivity index (χ4v) is 2.99. The molecule has 1 saturated carbocycles. The van der Waals surface area contributed by atoms with Gasteiger partial charge in [-0.1, -0.05) is 30.8 Å². The summed E-state index contributed by atoms with van der Waals surface area (Å²) in [7, 11) is 0. The molecule has 2 fully saturated rings. The average Bonchev–Trinajstić information content (AvgIpc) is 2.95. The molecule has 1 aromatic rings. The van der Waals surface area contributed by atoms with Crippen LogP contribution < -0.4 is 5.32 Å². The molecule has 0 bridgehead atoms. The number of aromatic nitrogens is 2. The van der Waals surface area contributed by atoms with Crippen LogP contribution in [0.1, 0.15) is 75.0 Å². The van der Waals surface area contributed by atoms with Crippen LogP contribution in [-0.2, 0) is 0 Å². The third-order valence-corrected chi connectivity index (χ3v) is 4.03. The number of hydrogen-bond donors (Lipinski definition) is 1. The Bertz CT molecular complexity index is 349. The molecule has 1 unspecified atom stereocenters. The Balaban J connectivity index is 1.70. The molecule has 2 heterocycles. The van der Waals surface area contributed by atoms with Gasteiger partial charge < -0.3 is 9.84 Å². The maximum atomic E-state index is 5.47. The highest BCUT2D eigenvalue weighted by atomic mass is 16.5. The molecule has 3 rings (SSSR count). The molecule has 4 nitrogen and oxygen atoms in total. The first-order valence-corrected chi connectivity index (χ1v) is 7.00. The number of rotatable bonds is 2. The van der Waals surface area contributed by atoms with Crippen molar-refractivity contribution < 1.29 is 4.52 Å². The molecule has 1 aliphatic carbocycles. The zero-order valence-electron chi connectivity index (χ0n) is 10.3. The van der Waals surface area contributed by atoms with Gasteiger partial charge in [-0.15, -0.1) is 0 Å². The van der Waals surface area contributed by atoms with E-state index in [-0.39, 0.29) is 0 Å². The van der Waals surface area contributed by atoms with Gasteiger partial charge in [0.1, 0.15) is 0 Å². The topological polar surface area (TPSA) is 51.0 Å². The third kappa shape index (κ3) is 2.51. The Kier molecular flexibility index (Phi) is 3.41. The minimum atomic E-state index is 0.332. The second-order valence-corrected chi connectivity index (χ2v) is 5.33. The SMILES string of the molecule is C1CCCC(c2nc(C3CCCN3)no2)CC1. The summed E-state index contributed by atoms with van der Waals surface area (Å²) in [5.41, 5.74) is 0. The van der Waals surface area contributed by atoms with Gasteiger partial charge in [-0.25, -0.2) is 0 Å². The molecule has 0 amide bonds. The Morgan fingerprint density at radius 2 is 1.82 bits per heavy atom. The van der Waals surface area contributed by atoms with Gasteiger partial charge in [0.15, 0.2) is 5.82 Å². The minimum Gasteiger partial charge on any atom is -0.339 e. The van der Waals surface area contributed by atoms with Crippen molar-refractivity contribution in [2.24, 2.45) is 0 Å². The first-order valence-electron chi connectivity index (χ1n) is 7.00. The van der Waals surface area contributed by atoms with Gasteiger partial charge in [-0.05, 0) is 32.2 Å².